The molecular weight excluding hydrogens is 330 g/mol. The third-order valence-electron chi connectivity index (χ3n) is 3.38. The first-order valence-corrected chi connectivity index (χ1v) is 8.26. The SMILES string of the molecule is CCc1cnc(CN(C)C(=O)Nc2ccc3c(n2)NC(=O)CO3)s1. The highest BCUT2D eigenvalue weighted by molar-refractivity contribution is 7.11. The van der Waals surface area contributed by atoms with Crippen molar-refractivity contribution in [3.63, 3.8) is 0 Å². The van der Waals surface area contributed by atoms with Crippen LogP contribution in [0.2, 0.25) is 0 Å². The Labute approximate surface area is 142 Å². The van der Waals surface area contributed by atoms with E-state index < -0.39 is 0 Å². The van der Waals surface area contributed by atoms with E-state index in [0.717, 1.165) is 11.4 Å². The number of ether oxygens (including phenoxy) is 1. The smallest absolute Gasteiger partial charge is 0.323 e. The van der Waals surface area contributed by atoms with Crippen molar-refractivity contribution in [3.05, 3.63) is 28.2 Å². The van der Waals surface area contributed by atoms with Crippen molar-refractivity contribution >= 4 is 34.9 Å². The molecule has 0 fully saturated rings. The fourth-order valence-corrected chi connectivity index (χ4v) is 3.01. The van der Waals surface area contributed by atoms with Crippen LogP contribution in [-0.4, -0.2) is 40.5 Å². The second-order valence-electron chi connectivity index (χ2n) is 5.24. The minimum Gasteiger partial charge on any atom is -0.480 e. The van der Waals surface area contributed by atoms with Crippen LogP contribution in [0.25, 0.3) is 0 Å². The summed E-state index contributed by atoms with van der Waals surface area (Å²) in [5, 5.41) is 6.18. The predicted octanol–water partition coefficient (Wildman–Crippen LogP) is 2.10. The summed E-state index contributed by atoms with van der Waals surface area (Å²) in [6.45, 7) is 2.45. The molecule has 8 nitrogen and oxygen atoms in total. The number of aromatic nitrogens is 2. The number of nitrogens with zero attached hydrogens (tertiary/aromatic N) is 3. The Morgan fingerprint density at radius 2 is 2.33 bits per heavy atom. The number of anilines is 2. The zero-order valence-electron chi connectivity index (χ0n) is 13.3. The Kier molecular flexibility index (Phi) is 4.61. The van der Waals surface area contributed by atoms with Crippen LogP contribution in [-0.2, 0) is 17.8 Å². The molecule has 3 rings (SSSR count). The van der Waals surface area contributed by atoms with Gasteiger partial charge in [0.05, 0.1) is 6.54 Å². The largest absolute Gasteiger partial charge is 0.480 e. The van der Waals surface area contributed by atoms with Crippen LogP contribution in [0.3, 0.4) is 0 Å². The highest BCUT2D eigenvalue weighted by atomic mass is 32.1. The van der Waals surface area contributed by atoms with Gasteiger partial charge in [-0.05, 0) is 18.6 Å². The van der Waals surface area contributed by atoms with Crippen molar-refractivity contribution in [2.24, 2.45) is 0 Å². The molecule has 0 saturated carbocycles. The minimum absolute atomic E-state index is 0.0311. The van der Waals surface area contributed by atoms with Gasteiger partial charge >= 0.3 is 6.03 Å². The molecule has 0 aliphatic carbocycles. The van der Waals surface area contributed by atoms with Crippen LogP contribution in [0.15, 0.2) is 18.3 Å². The van der Waals surface area contributed by atoms with Gasteiger partial charge in [0.25, 0.3) is 5.91 Å². The number of hydrogen-bond acceptors (Lipinski definition) is 6. The average molecular weight is 347 g/mol. The van der Waals surface area contributed by atoms with Crippen LogP contribution in [0, 0.1) is 0 Å². The number of amides is 3. The Morgan fingerprint density at radius 3 is 3.08 bits per heavy atom. The van der Waals surface area contributed by atoms with Gasteiger partial charge in [-0.1, -0.05) is 6.92 Å². The first-order valence-electron chi connectivity index (χ1n) is 7.44. The van der Waals surface area contributed by atoms with E-state index in [1.54, 1.807) is 30.5 Å². The summed E-state index contributed by atoms with van der Waals surface area (Å²) in [4.78, 5) is 34.8. The maximum Gasteiger partial charge on any atom is 0.323 e. The number of aryl methyl sites for hydroxylation is 1. The van der Waals surface area contributed by atoms with Gasteiger partial charge in [-0.3, -0.25) is 10.1 Å². The molecule has 3 heterocycles. The molecule has 0 bridgehead atoms. The van der Waals surface area contributed by atoms with Crippen LogP contribution >= 0.6 is 11.3 Å². The van der Waals surface area contributed by atoms with Gasteiger partial charge in [-0.15, -0.1) is 11.3 Å². The molecule has 0 atom stereocenters. The molecule has 126 valence electrons. The third kappa shape index (κ3) is 3.62. The lowest BCUT2D eigenvalue weighted by Crippen LogP contribution is -2.31. The molecule has 3 amide bonds. The topological polar surface area (TPSA) is 96.5 Å². The molecule has 0 spiro atoms. The molecule has 2 aromatic heterocycles. The highest BCUT2D eigenvalue weighted by Crippen LogP contribution is 2.27. The van der Waals surface area contributed by atoms with E-state index in [1.165, 1.54) is 9.78 Å². The number of thiazole rings is 1. The monoisotopic (exact) mass is 347 g/mol. The van der Waals surface area contributed by atoms with E-state index in [2.05, 4.69) is 27.5 Å². The second kappa shape index (κ2) is 6.83. The van der Waals surface area contributed by atoms with Crippen molar-refractivity contribution in [1.29, 1.82) is 0 Å². The van der Waals surface area contributed by atoms with Gasteiger partial charge < -0.3 is 15.0 Å². The fourth-order valence-electron chi connectivity index (χ4n) is 2.10. The van der Waals surface area contributed by atoms with E-state index in [9.17, 15) is 9.59 Å². The summed E-state index contributed by atoms with van der Waals surface area (Å²) in [6, 6.07) is 2.98. The molecule has 9 heteroatoms. The molecule has 24 heavy (non-hydrogen) atoms. The molecule has 2 N–H and O–H groups in total. The van der Waals surface area contributed by atoms with Gasteiger partial charge in [-0.25, -0.2) is 14.8 Å². The van der Waals surface area contributed by atoms with Gasteiger partial charge in [0.2, 0.25) is 0 Å². The molecule has 0 radical (unpaired) electrons. The van der Waals surface area contributed by atoms with Gasteiger partial charge in [0.1, 0.15) is 10.8 Å². The van der Waals surface area contributed by atoms with Crippen molar-refractivity contribution in [1.82, 2.24) is 14.9 Å². The van der Waals surface area contributed by atoms with E-state index in [4.69, 9.17) is 4.74 Å². The third-order valence-corrected chi connectivity index (χ3v) is 4.51. The van der Waals surface area contributed by atoms with Crippen LogP contribution in [0.4, 0.5) is 16.4 Å². The fraction of sp³-hybridized carbons (Fsp3) is 0.333. The highest BCUT2D eigenvalue weighted by Gasteiger charge is 2.19. The lowest BCUT2D eigenvalue weighted by atomic mass is 10.3. The first-order chi connectivity index (χ1) is 11.5. The number of pyridine rings is 1. The predicted molar refractivity (Wildman–Crippen MR) is 90.3 cm³/mol. The summed E-state index contributed by atoms with van der Waals surface area (Å²) in [6.07, 6.45) is 2.76. The van der Waals surface area contributed by atoms with Crippen molar-refractivity contribution in [2.75, 3.05) is 24.3 Å². The maximum atomic E-state index is 12.3. The molecule has 0 unspecified atom stereocenters. The first kappa shape index (κ1) is 16.2. The quantitative estimate of drug-likeness (QED) is 0.883. The van der Waals surface area contributed by atoms with Crippen LogP contribution < -0.4 is 15.4 Å². The average Bonchev–Trinajstić information content (AvgIpc) is 3.02. The number of fused-ring (bicyclic) bond motifs is 1. The summed E-state index contributed by atoms with van der Waals surface area (Å²) >= 11 is 1.59. The van der Waals surface area contributed by atoms with Crippen LogP contribution in [0.1, 0.15) is 16.8 Å². The molecular formula is C15H17N5O3S. The Morgan fingerprint density at radius 1 is 1.50 bits per heavy atom. The van der Waals surface area contributed by atoms with Crippen LogP contribution in [0.5, 0.6) is 5.75 Å². The van der Waals surface area contributed by atoms with Crippen molar-refractivity contribution in [3.8, 4) is 5.75 Å². The lowest BCUT2D eigenvalue weighted by Gasteiger charge is -2.19. The second-order valence-corrected chi connectivity index (χ2v) is 6.44. The van der Waals surface area contributed by atoms with E-state index >= 15 is 0 Å². The summed E-state index contributed by atoms with van der Waals surface area (Å²) < 4.78 is 5.23. The number of rotatable bonds is 4. The summed E-state index contributed by atoms with van der Waals surface area (Å²) in [5.41, 5.74) is 0. The Hall–Kier alpha value is -2.68. The van der Waals surface area contributed by atoms with Gasteiger partial charge in [0.15, 0.2) is 18.2 Å². The Balaban J connectivity index is 1.63. The number of nitrogens with one attached hydrogen (secondary N) is 2. The standard InChI is InChI=1S/C15H17N5O3S/c1-3-9-6-16-13(24-9)7-20(2)15(22)18-11-5-4-10-14(17-11)19-12(21)8-23-10/h4-6H,3,7-8H2,1-2H3,(H2,17,18,19,21,22). The number of carbonyl (C=O) groups is 2. The van der Waals surface area contributed by atoms with Crippen molar-refractivity contribution in [2.45, 2.75) is 19.9 Å². The number of carbonyl (C=O) groups excluding carboxylic acids is 2. The minimum atomic E-state index is -0.307. The van der Waals surface area contributed by atoms with E-state index in [0.29, 0.717) is 23.9 Å². The zero-order valence-corrected chi connectivity index (χ0v) is 14.1. The van der Waals surface area contributed by atoms with Gasteiger partial charge in [0, 0.05) is 18.1 Å². The number of urea groups is 1. The number of hydrogen-bond donors (Lipinski definition) is 2. The Bertz CT molecular complexity index is 776. The molecule has 1 aliphatic heterocycles. The zero-order chi connectivity index (χ0) is 17.1. The molecule has 0 saturated heterocycles. The summed E-state index contributed by atoms with van der Waals surface area (Å²) in [5.74, 6) is 0.853. The normalized spacial score (nSPS) is 12.8. The maximum absolute atomic E-state index is 12.3. The lowest BCUT2D eigenvalue weighted by molar-refractivity contribution is -0.118. The van der Waals surface area contributed by atoms with E-state index in [1.807, 2.05) is 6.20 Å². The summed E-state index contributed by atoms with van der Waals surface area (Å²) in [7, 11) is 1.69. The molecule has 0 aromatic carbocycles. The molecule has 1 aliphatic rings. The van der Waals surface area contributed by atoms with Gasteiger partial charge in [-0.2, -0.15) is 0 Å². The van der Waals surface area contributed by atoms with E-state index in [-0.39, 0.29) is 18.5 Å². The van der Waals surface area contributed by atoms with Crippen molar-refractivity contribution < 1.29 is 14.3 Å². The molecule has 2 aromatic rings.